The molecule has 2 N–H and O–H groups in total. The van der Waals surface area contributed by atoms with Crippen molar-refractivity contribution in [2.45, 2.75) is 43.7 Å². The number of carbonyl (C=O) groups excluding carboxylic acids is 1. The normalized spacial score (nSPS) is 23.5. The van der Waals surface area contributed by atoms with Crippen LogP contribution in [0.5, 0.6) is 0 Å². The van der Waals surface area contributed by atoms with Gasteiger partial charge in [0, 0.05) is 49.6 Å². The number of aromatic amines is 1. The van der Waals surface area contributed by atoms with Gasteiger partial charge in [0.25, 0.3) is 11.5 Å². The Labute approximate surface area is 151 Å². The Hall–Kier alpha value is -2.54. The molecule has 0 aromatic carbocycles. The van der Waals surface area contributed by atoms with Crippen LogP contribution in [0.2, 0.25) is 0 Å². The van der Waals surface area contributed by atoms with Gasteiger partial charge in [0.1, 0.15) is 0 Å². The maximum Gasteiger partial charge on any atom is 0.255 e. The minimum atomic E-state index is -0.0861. The number of H-pyrrole nitrogens is 1. The van der Waals surface area contributed by atoms with Crippen molar-refractivity contribution in [2.24, 2.45) is 0 Å². The highest BCUT2D eigenvalue weighted by Crippen LogP contribution is 2.35. The first-order valence-electron chi connectivity index (χ1n) is 9.19. The van der Waals surface area contributed by atoms with Gasteiger partial charge in [-0.15, -0.1) is 0 Å². The van der Waals surface area contributed by atoms with Crippen molar-refractivity contribution < 1.29 is 4.79 Å². The van der Waals surface area contributed by atoms with Gasteiger partial charge in [-0.05, 0) is 37.8 Å². The third kappa shape index (κ3) is 3.67. The maximum absolute atomic E-state index is 12.5. The molecule has 1 saturated carbocycles. The van der Waals surface area contributed by atoms with Crippen LogP contribution in [0.25, 0.3) is 0 Å². The van der Waals surface area contributed by atoms with Gasteiger partial charge in [-0.3, -0.25) is 14.6 Å². The Balaban J connectivity index is 1.23. The number of hydrogen-bond acceptors (Lipinski definition) is 5. The molecule has 1 aliphatic carbocycles. The van der Waals surface area contributed by atoms with E-state index >= 15 is 0 Å². The number of hydrogen-bond donors (Lipinski definition) is 2. The molecule has 0 bridgehead atoms. The number of nitrogens with zero attached hydrogens (tertiary/aromatic N) is 3. The molecule has 2 aromatic heterocycles. The SMILES string of the molecule is O=C(c1cccnc1)N1CCC(NC2CC(c3cc(=O)[nH]cn3)C2)CC1. The van der Waals surface area contributed by atoms with Gasteiger partial charge in [-0.1, -0.05) is 0 Å². The number of aromatic nitrogens is 3. The highest BCUT2D eigenvalue weighted by Gasteiger charge is 2.34. The highest BCUT2D eigenvalue weighted by molar-refractivity contribution is 5.93. The zero-order valence-corrected chi connectivity index (χ0v) is 14.6. The van der Waals surface area contributed by atoms with Gasteiger partial charge in [-0.2, -0.15) is 0 Å². The third-order valence-electron chi connectivity index (χ3n) is 5.42. The number of carbonyl (C=O) groups is 1. The fourth-order valence-corrected chi connectivity index (χ4v) is 3.86. The zero-order valence-electron chi connectivity index (χ0n) is 14.6. The number of nitrogens with one attached hydrogen (secondary N) is 2. The molecule has 1 amide bonds. The van der Waals surface area contributed by atoms with Crippen LogP contribution in [0.15, 0.2) is 41.7 Å². The highest BCUT2D eigenvalue weighted by atomic mass is 16.2. The average Bonchev–Trinajstić information content (AvgIpc) is 2.65. The van der Waals surface area contributed by atoms with Crippen LogP contribution >= 0.6 is 0 Å². The number of rotatable bonds is 4. The molecule has 3 heterocycles. The summed E-state index contributed by atoms with van der Waals surface area (Å²) in [6.07, 6.45) is 8.76. The van der Waals surface area contributed by atoms with Crippen molar-refractivity contribution in [3.8, 4) is 0 Å². The number of amides is 1. The van der Waals surface area contributed by atoms with Crippen molar-refractivity contribution in [3.63, 3.8) is 0 Å². The molecule has 7 nitrogen and oxygen atoms in total. The van der Waals surface area contributed by atoms with Gasteiger partial charge in [0.05, 0.1) is 17.6 Å². The third-order valence-corrected chi connectivity index (χ3v) is 5.42. The van der Waals surface area contributed by atoms with Crippen molar-refractivity contribution in [1.82, 2.24) is 25.2 Å². The summed E-state index contributed by atoms with van der Waals surface area (Å²) in [5.74, 6) is 0.447. The molecule has 2 aromatic rings. The lowest BCUT2D eigenvalue weighted by Crippen LogP contribution is -2.51. The Bertz CT molecular complexity index is 808. The second-order valence-electron chi connectivity index (χ2n) is 7.18. The van der Waals surface area contributed by atoms with E-state index in [1.165, 1.54) is 6.33 Å². The quantitative estimate of drug-likeness (QED) is 0.865. The minimum Gasteiger partial charge on any atom is -0.338 e. The van der Waals surface area contributed by atoms with E-state index in [4.69, 9.17) is 0 Å². The molecule has 1 saturated heterocycles. The molecule has 0 atom stereocenters. The van der Waals surface area contributed by atoms with Gasteiger partial charge < -0.3 is 15.2 Å². The van der Waals surface area contributed by atoms with E-state index < -0.39 is 0 Å². The molecular formula is C19H23N5O2. The first kappa shape index (κ1) is 16.9. The lowest BCUT2D eigenvalue weighted by molar-refractivity contribution is 0.0694. The Kier molecular flexibility index (Phi) is 4.79. The molecule has 2 aliphatic rings. The topological polar surface area (TPSA) is 91.0 Å². The molecule has 26 heavy (non-hydrogen) atoms. The molecule has 0 radical (unpaired) electrons. The molecule has 0 spiro atoms. The second-order valence-corrected chi connectivity index (χ2v) is 7.18. The van der Waals surface area contributed by atoms with Crippen molar-refractivity contribution in [2.75, 3.05) is 13.1 Å². The monoisotopic (exact) mass is 353 g/mol. The molecule has 4 rings (SSSR count). The summed E-state index contributed by atoms with van der Waals surface area (Å²) in [5, 5.41) is 3.70. The number of likely N-dealkylation sites (tertiary alicyclic amines) is 1. The van der Waals surface area contributed by atoms with E-state index in [1.807, 2.05) is 11.0 Å². The van der Waals surface area contributed by atoms with Crippen LogP contribution in [0.4, 0.5) is 0 Å². The van der Waals surface area contributed by atoms with Gasteiger partial charge in [0.2, 0.25) is 0 Å². The summed E-state index contributed by atoms with van der Waals surface area (Å²) < 4.78 is 0. The smallest absolute Gasteiger partial charge is 0.255 e. The Morgan fingerprint density at radius 2 is 2.04 bits per heavy atom. The molecule has 136 valence electrons. The lowest BCUT2D eigenvalue weighted by Gasteiger charge is -2.40. The first-order valence-corrected chi connectivity index (χ1v) is 9.19. The van der Waals surface area contributed by atoms with Crippen LogP contribution in [-0.4, -0.2) is 50.9 Å². The molecule has 7 heteroatoms. The molecule has 0 unspecified atom stereocenters. The largest absolute Gasteiger partial charge is 0.338 e. The molecule has 2 fully saturated rings. The lowest BCUT2D eigenvalue weighted by atomic mass is 9.77. The van der Waals surface area contributed by atoms with Gasteiger partial charge in [0.15, 0.2) is 0 Å². The summed E-state index contributed by atoms with van der Waals surface area (Å²) in [7, 11) is 0. The van der Waals surface area contributed by atoms with Crippen LogP contribution in [0.1, 0.15) is 47.7 Å². The minimum absolute atomic E-state index is 0.0700. The first-order chi connectivity index (χ1) is 12.7. The van der Waals surface area contributed by atoms with Gasteiger partial charge >= 0.3 is 0 Å². The van der Waals surface area contributed by atoms with Crippen molar-refractivity contribution in [1.29, 1.82) is 0 Å². The fraction of sp³-hybridized carbons (Fsp3) is 0.474. The molecular weight excluding hydrogens is 330 g/mol. The Morgan fingerprint density at radius 3 is 2.73 bits per heavy atom. The Morgan fingerprint density at radius 1 is 1.23 bits per heavy atom. The van der Waals surface area contributed by atoms with Crippen molar-refractivity contribution >= 4 is 5.91 Å². The number of pyridine rings is 1. The van der Waals surface area contributed by atoms with E-state index in [1.54, 1.807) is 24.5 Å². The predicted molar refractivity (Wildman–Crippen MR) is 96.9 cm³/mol. The summed E-state index contributed by atoms with van der Waals surface area (Å²) in [4.78, 5) is 36.6. The van der Waals surface area contributed by atoms with Gasteiger partial charge in [-0.25, -0.2) is 4.98 Å². The fourth-order valence-electron chi connectivity index (χ4n) is 3.86. The number of piperidine rings is 1. The summed E-state index contributed by atoms with van der Waals surface area (Å²) in [5.41, 5.74) is 1.46. The van der Waals surface area contributed by atoms with Crippen LogP contribution in [0, 0.1) is 0 Å². The van der Waals surface area contributed by atoms with E-state index in [2.05, 4.69) is 20.3 Å². The van der Waals surface area contributed by atoms with Crippen molar-refractivity contribution in [3.05, 3.63) is 58.5 Å². The summed E-state index contributed by atoms with van der Waals surface area (Å²) in [6, 6.07) is 6.14. The predicted octanol–water partition coefficient (Wildman–Crippen LogP) is 1.31. The van der Waals surface area contributed by atoms with E-state index in [0.717, 1.165) is 44.5 Å². The van der Waals surface area contributed by atoms with Crippen LogP contribution in [-0.2, 0) is 0 Å². The average molecular weight is 353 g/mol. The van der Waals surface area contributed by atoms with Crippen LogP contribution < -0.4 is 10.9 Å². The zero-order chi connectivity index (χ0) is 17.9. The second kappa shape index (κ2) is 7.37. The van der Waals surface area contributed by atoms with E-state index in [-0.39, 0.29) is 11.5 Å². The van der Waals surface area contributed by atoms with E-state index in [9.17, 15) is 9.59 Å². The summed E-state index contributed by atoms with van der Waals surface area (Å²) >= 11 is 0. The maximum atomic E-state index is 12.5. The van der Waals surface area contributed by atoms with E-state index in [0.29, 0.717) is 23.6 Å². The standard InChI is InChI=1S/C19H23N5O2/c25-18-10-17(21-12-22-18)14-8-16(9-14)23-15-3-6-24(7-4-15)19(26)13-2-1-5-20-11-13/h1-2,5,10-12,14-16,23H,3-4,6-9H2,(H,21,22,25). The molecule has 1 aliphatic heterocycles. The van der Waals surface area contributed by atoms with Crippen LogP contribution in [0.3, 0.4) is 0 Å². The summed E-state index contributed by atoms with van der Waals surface area (Å²) in [6.45, 7) is 1.55.